The molecule has 3 heterocycles. The maximum Gasteiger partial charge on any atom is 0.358 e. The van der Waals surface area contributed by atoms with Gasteiger partial charge in [-0.3, -0.25) is 4.79 Å². The zero-order chi connectivity index (χ0) is 22.5. The molecule has 12 heteroatoms. The Labute approximate surface area is 185 Å². The van der Waals surface area contributed by atoms with Crippen LogP contribution in [0, 0.1) is 6.92 Å². The molecule has 0 aliphatic rings. The van der Waals surface area contributed by atoms with Gasteiger partial charge >= 0.3 is 5.97 Å². The van der Waals surface area contributed by atoms with Gasteiger partial charge in [-0.1, -0.05) is 23.7 Å². The third kappa shape index (κ3) is 5.74. The second-order valence-electron chi connectivity index (χ2n) is 6.21. The van der Waals surface area contributed by atoms with Crippen molar-refractivity contribution >= 4 is 40.5 Å². The van der Waals surface area contributed by atoms with Gasteiger partial charge in [-0.05, 0) is 12.1 Å². The number of nitrogens with zero attached hydrogens (tertiary/aromatic N) is 5. The first kappa shape index (κ1) is 22.1. The van der Waals surface area contributed by atoms with E-state index in [2.05, 4.69) is 20.2 Å². The van der Waals surface area contributed by atoms with Crippen molar-refractivity contribution in [2.45, 2.75) is 20.4 Å². The number of benzene rings is 1. The van der Waals surface area contributed by atoms with Crippen molar-refractivity contribution in [1.29, 1.82) is 0 Å². The van der Waals surface area contributed by atoms with Gasteiger partial charge in [-0.2, -0.15) is 9.90 Å². The topological polar surface area (TPSA) is 150 Å². The van der Waals surface area contributed by atoms with Crippen LogP contribution in [-0.2, 0) is 6.54 Å². The number of aromatic nitrogens is 5. The molecular weight excluding hydrogens is 444 g/mol. The average Bonchev–Trinajstić information content (AvgIpc) is 3.43. The predicted octanol–water partition coefficient (Wildman–Crippen LogP) is 3.57. The van der Waals surface area contributed by atoms with Crippen LogP contribution >= 0.6 is 22.9 Å². The number of hydrogen-bond donors (Lipinski definition) is 2. The Morgan fingerprint density at radius 2 is 2.10 bits per heavy atom. The Balaban J connectivity index is 0.000000176. The SMILES string of the molecule is CC(=O)c1csc(Cn2ncc(N)n2)n1.Cc1nc(C(=O)O)c(-c2cccc(Cl)c2)o1. The van der Waals surface area contributed by atoms with Gasteiger partial charge in [0.15, 0.2) is 28.9 Å². The number of carboxylic acid groups (broad SMARTS) is 1. The molecule has 0 fully saturated rings. The van der Waals surface area contributed by atoms with Gasteiger partial charge in [0.05, 0.1) is 6.20 Å². The first-order valence-corrected chi connectivity index (χ1v) is 10.1. The Morgan fingerprint density at radius 3 is 2.68 bits per heavy atom. The van der Waals surface area contributed by atoms with Gasteiger partial charge in [0.2, 0.25) is 0 Å². The minimum Gasteiger partial charge on any atom is -0.476 e. The molecule has 0 radical (unpaired) electrons. The van der Waals surface area contributed by atoms with Gasteiger partial charge in [0.25, 0.3) is 0 Å². The molecule has 4 aromatic rings. The fourth-order valence-corrected chi connectivity index (χ4v) is 3.45. The number of halogens is 1. The Kier molecular flexibility index (Phi) is 6.78. The number of carbonyl (C=O) groups is 2. The Bertz CT molecular complexity index is 1230. The average molecular weight is 461 g/mol. The van der Waals surface area contributed by atoms with E-state index >= 15 is 0 Å². The van der Waals surface area contributed by atoms with Crippen molar-refractivity contribution in [2.24, 2.45) is 0 Å². The lowest BCUT2D eigenvalue weighted by Gasteiger charge is -1.98. The third-order valence-corrected chi connectivity index (χ3v) is 4.84. The second kappa shape index (κ2) is 9.49. The van der Waals surface area contributed by atoms with Crippen molar-refractivity contribution < 1.29 is 19.1 Å². The summed E-state index contributed by atoms with van der Waals surface area (Å²) in [5.74, 6) is -0.240. The first-order chi connectivity index (χ1) is 14.7. The lowest BCUT2D eigenvalue weighted by Crippen LogP contribution is -2.04. The molecule has 3 N–H and O–H groups in total. The third-order valence-electron chi connectivity index (χ3n) is 3.77. The van der Waals surface area contributed by atoms with Gasteiger partial charge in [0, 0.05) is 29.8 Å². The molecular formula is C19H17ClN6O4S. The number of anilines is 1. The summed E-state index contributed by atoms with van der Waals surface area (Å²) in [6.45, 7) is 3.53. The largest absolute Gasteiger partial charge is 0.476 e. The number of carboxylic acids is 1. The molecule has 10 nitrogen and oxygen atoms in total. The number of oxazole rings is 1. The number of rotatable bonds is 5. The van der Waals surface area contributed by atoms with Gasteiger partial charge < -0.3 is 15.3 Å². The number of nitrogens with two attached hydrogens (primary N) is 1. The van der Waals surface area contributed by atoms with Crippen molar-refractivity contribution in [3.63, 3.8) is 0 Å². The normalized spacial score (nSPS) is 10.4. The highest BCUT2D eigenvalue weighted by atomic mass is 35.5. The molecule has 1 aromatic carbocycles. The molecule has 0 atom stereocenters. The predicted molar refractivity (Wildman–Crippen MR) is 114 cm³/mol. The van der Waals surface area contributed by atoms with E-state index in [1.165, 1.54) is 29.3 Å². The van der Waals surface area contributed by atoms with Crippen LogP contribution in [0.2, 0.25) is 5.02 Å². The quantitative estimate of drug-likeness (QED) is 0.426. The van der Waals surface area contributed by atoms with Crippen LogP contribution in [-0.4, -0.2) is 41.8 Å². The monoisotopic (exact) mass is 460 g/mol. The maximum absolute atomic E-state index is 11.0. The maximum atomic E-state index is 11.0. The number of carbonyl (C=O) groups excluding carboxylic acids is 1. The fraction of sp³-hybridized carbons (Fsp3) is 0.158. The lowest BCUT2D eigenvalue weighted by molar-refractivity contribution is 0.0691. The molecule has 160 valence electrons. The second-order valence-corrected chi connectivity index (χ2v) is 7.59. The number of hydrogen-bond acceptors (Lipinski definition) is 9. The molecule has 0 saturated carbocycles. The van der Waals surface area contributed by atoms with Crippen LogP contribution in [0.5, 0.6) is 0 Å². The summed E-state index contributed by atoms with van der Waals surface area (Å²) in [4.78, 5) is 31.3. The molecule has 0 saturated heterocycles. The summed E-state index contributed by atoms with van der Waals surface area (Å²) in [5, 5.41) is 19.8. The summed E-state index contributed by atoms with van der Waals surface area (Å²) in [7, 11) is 0. The standard InChI is InChI=1S/C11H8ClNO3.C8H9N5OS/c1-6-13-9(11(14)15)10(16-6)7-3-2-4-8(12)5-7;1-5(14)6-4-15-8(11-6)3-13-10-2-7(9)12-13/h2-5H,1H3,(H,14,15);2,4H,3H2,1H3,(H2,9,12). The van der Waals surface area contributed by atoms with E-state index in [9.17, 15) is 9.59 Å². The van der Waals surface area contributed by atoms with E-state index in [1.54, 1.807) is 36.6 Å². The number of aromatic carboxylic acids is 1. The molecule has 0 unspecified atom stereocenters. The number of ketones is 1. The Morgan fingerprint density at radius 1 is 1.32 bits per heavy atom. The lowest BCUT2D eigenvalue weighted by atomic mass is 10.1. The van der Waals surface area contributed by atoms with Crippen molar-refractivity contribution in [3.8, 4) is 11.3 Å². The van der Waals surface area contributed by atoms with Crippen LogP contribution in [0.25, 0.3) is 11.3 Å². The molecule has 3 aromatic heterocycles. The van der Waals surface area contributed by atoms with E-state index in [0.717, 1.165) is 5.01 Å². The van der Waals surface area contributed by atoms with E-state index in [-0.39, 0.29) is 17.2 Å². The number of Topliss-reactive ketones (excluding diaryl/α,β-unsaturated/α-hetero) is 1. The molecule has 0 aliphatic carbocycles. The van der Waals surface area contributed by atoms with Crippen molar-refractivity contribution in [2.75, 3.05) is 5.73 Å². The number of thiazole rings is 1. The van der Waals surface area contributed by atoms with Crippen LogP contribution in [0.4, 0.5) is 5.82 Å². The summed E-state index contributed by atoms with van der Waals surface area (Å²) in [6, 6.07) is 6.78. The minimum absolute atomic E-state index is 0.0366. The molecule has 0 amide bonds. The fourth-order valence-electron chi connectivity index (χ4n) is 2.45. The van der Waals surface area contributed by atoms with E-state index < -0.39 is 5.97 Å². The van der Waals surface area contributed by atoms with Crippen LogP contribution in [0.15, 0.2) is 40.3 Å². The smallest absolute Gasteiger partial charge is 0.358 e. The zero-order valence-electron chi connectivity index (χ0n) is 16.4. The van der Waals surface area contributed by atoms with Crippen LogP contribution in [0.1, 0.15) is 38.8 Å². The van der Waals surface area contributed by atoms with E-state index in [1.807, 2.05) is 0 Å². The van der Waals surface area contributed by atoms with Gasteiger partial charge in [-0.25, -0.2) is 14.8 Å². The van der Waals surface area contributed by atoms with Crippen LogP contribution in [0.3, 0.4) is 0 Å². The number of nitrogen functional groups attached to an aromatic ring is 1. The van der Waals surface area contributed by atoms with E-state index in [4.69, 9.17) is 26.9 Å². The van der Waals surface area contributed by atoms with Crippen molar-refractivity contribution in [3.05, 3.63) is 63.2 Å². The Hall–Kier alpha value is -3.57. The molecule has 0 bridgehead atoms. The minimum atomic E-state index is -1.12. The van der Waals surface area contributed by atoms with Gasteiger partial charge in [-0.15, -0.1) is 16.4 Å². The molecule has 0 spiro atoms. The molecule has 0 aliphatic heterocycles. The highest BCUT2D eigenvalue weighted by molar-refractivity contribution is 7.09. The summed E-state index contributed by atoms with van der Waals surface area (Å²) >= 11 is 7.23. The molecule has 4 rings (SSSR count). The van der Waals surface area contributed by atoms with E-state index in [0.29, 0.717) is 34.5 Å². The van der Waals surface area contributed by atoms with Crippen LogP contribution < -0.4 is 5.73 Å². The van der Waals surface area contributed by atoms with Crippen molar-refractivity contribution in [1.82, 2.24) is 25.0 Å². The summed E-state index contributed by atoms with van der Waals surface area (Å²) < 4.78 is 5.27. The molecule has 31 heavy (non-hydrogen) atoms. The first-order valence-electron chi connectivity index (χ1n) is 8.80. The number of aryl methyl sites for hydroxylation is 1. The summed E-state index contributed by atoms with van der Waals surface area (Å²) in [5.41, 5.74) is 6.41. The highest BCUT2D eigenvalue weighted by Crippen LogP contribution is 2.27. The summed E-state index contributed by atoms with van der Waals surface area (Å²) in [6.07, 6.45) is 1.47. The van der Waals surface area contributed by atoms with Gasteiger partial charge in [0.1, 0.15) is 17.2 Å². The highest BCUT2D eigenvalue weighted by Gasteiger charge is 2.19. The zero-order valence-corrected chi connectivity index (χ0v) is 18.0.